The van der Waals surface area contributed by atoms with Crippen molar-refractivity contribution in [2.45, 2.75) is 45.7 Å². The molecule has 2 heteroatoms. The summed E-state index contributed by atoms with van der Waals surface area (Å²) >= 11 is 0. The van der Waals surface area contributed by atoms with Crippen molar-refractivity contribution in [1.29, 1.82) is 0 Å². The van der Waals surface area contributed by atoms with Gasteiger partial charge in [0.1, 0.15) is 5.75 Å². The Labute approximate surface area is 127 Å². The standard InChI is InChI=1S/C19H25NO/c1-14-5-4-6-18(13-14)16(3)20-15(2)7-8-17-9-11-19(21)12-10-17/h4-6,9-13,15-16,20-21H,7-8H2,1-3H3. The van der Waals surface area contributed by atoms with E-state index in [0.29, 0.717) is 17.8 Å². The van der Waals surface area contributed by atoms with Gasteiger partial charge in [-0.1, -0.05) is 42.0 Å². The summed E-state index contributed by atoms with van der Waals surface area (Å²) < 4.78 is 0. The van der Waals surface area contributed by atoms with Crippen LogP contribution in [-0.2, 0) is 6.42 Å². The lowest BCUT2D eigenvalue weighted by Crippen LogP contribution is -2.29. The van der Waals surface area contributed by atoms with Gasteiger partial charge in [-0.3, -0.25) is 0 Å². The third-order valence-corrected chi connectivity index (χ3v) is 3.88. The molecule has 2 aromatic carbocycles. The summed E-state index contributed by atoms with van der Waals surface area (Å²) in [6.07, 6.45) is 2.11. The van der Waals surface area contributed by atoms with Crippen molar-refractivity contribution < 1.29 is 5.11 Å². The van der Waals surface area contributed by atoms with Crippen molar-refractivity contribution in [3.05, 3.63) is 65.2 Å². The van der Waals surface area contributed by atoms with E-state index in [1.165, 1.54) is 16.7 Å². The first-order chi connectivity index (χ1) is 10.0. The largest absolute Gasteiger partial charge is 0.508 e. The lowest BCUT2D eigenvalue weighted by atomic mass is 10.0. The number of benzene rings is 2. The summed E-state index contributed by atoms with van der Waals surface area (Å²) in [7, 11) is 0. The molecule has 0 spiro atoms. The maximum atomic E-state index is 9.29. The van der Waals surface area contributed by atoms with Gasteiger partial charge in [-0.25, -0.2) is 0 Å². The van der Waals surface area contributed by atoms with Crippen LogP contribution in [0.3, 0.4) is 0 Å². The molecule has 2 aromatic rings. The molecule has 0 saturated carbocycles. The van der Waals surface area contributed by atoms with Gasteiger partial charge in [0.25, 0.3) is 0 Å². The zero-order chi connectivity index (χ0) is 15.2. The SMILES string of the molecule is Cc1cccc(C(C)NC(C)CCc2ccc(O)cc2)c1. The van der Waals surface area contributed by atoms with Gasteiger partial charge >= 0.3 is 0 Å². The summed E-state index contributed by atoms with van der Waals surface area (Å²) in [5.41, 5.74) is 3.91. The van der Waals surface area contributed by atoms with Crippen LogP contribution in [0.5, 0.6) is 5.75 Å². The minimum absolute atomic E-state index is 0.331. The van der Waals surface area contributed by atoms with E-state index < -0.39 is 0 Å². The lowest BCUT2D eigenvalue weighted by Gasteiger charge is -2.21. The molecule has 2 unspecified atom stereocenters. The summed E-state index contributed by atoms with van der Waals surface area (Å²) in [5.74, 6) is 0.331. The fourth-order valence-electron chi connectivity index (χ4n) is 2.59. The average molecular weight is 283 g/mol. The van der Waals surface area contributed by atoms with E-state index in [4.69, 9.17) is 0 Å². The van der Waals surface area contributed by atoms with Crippen LogP contribution in [0.1, 0.15) is 43.0 Å². The average Bonchev–Trinajstić information content (AvgIpc) is 2.46. The summed E-state index contributed by atoms with van der Waals surface area (Å²) in [6.45, 7) is 6.57. The van der Waals surface area contributed by atoms with Crippen molar-refractivity contribution in [1.82, 2.24) is 5.32 Å². The number of rotatable bonds is 6. The number of phenols is 1. The maximum absolute atomic E-state index is 9.29. The number of aromatic hydroxyl groups is 1. The van der Waals surface area contributed by atoms with Crippen LogP contribution in [0.15, 0.2) is 48.5 Å². The molecule has 0 bridgehead atoms. The molecule has 0 saturated heterocycles. The quantitative estimate of drug-likeness (QED) is 0.825. The van der Waals surface area contributed by atoms with Crippen LogP contribution in [0.2, 0.25) is 0 Å². The molecule has 21 heavy (non-hydrogen) atoms. The molecule has 2 N–H and O–H groups in total. The van der Waals surface area contributed by atoms with Gasteiger partial charge in [0.2, 0.25) is 0 Å². The van der Waals surface area contributed by atoms with E-state index in [2.05, 4.69) is 50.4 Å². The lowest BCUT2D eigenvalue weighted by molar-refractivity contribution is 0.455. The molecule has 2 nitrogen and oxygen atoms in total. The van der Waals surface area contributed by atoms with Gasteiger partial charge in [0, 0.05) is 12.1 Å². The third-order valence-electron chi connectivity index (χ3n) is 3.88. The van der Waals surface area contributed by atoms with E-state index in [-0.39, 0.29) is 0 Å². The highest BCUT2D eigenvalue weighted by Gasteiger charge is 2.09. The van der Waals surface area contributed by atoms with Gasteiger partial charge < -0.3 is 10.4 Å². The highest BCUT2D eigenvalue weighted by Crippen LogP contribution is 2.16. The zero-order valence-corrected chi connectivity index (χ0v) is 13.1. The van der Waals surface area contributed by atoms with Crippen molar-refractivity contribution in [3.63, 3.8) is 0 Å². The monoisotopic (exact) mass is 283 g/mol. The summed E-state index contributed by atoms with van der Waals surface area (Å²) in [6, 6.07) is 17.0. The number of phenolic OH excluding ortho intramolecular Hbond substituents is 1. The molecule has 112 valence electrons. The molecule has 0 radical (unpaired) electrons. The minimum Gasteiger partial charge on any atom is -0.508 e. The summed E-state index contributed by atoms with van der Waals surface area (Å²) in [4.78, 5) is 0. The van der Waals surface area contributed by atoms with Gasteiger partial charge in [-0.2, -0.15) is 0 Å². The van der Waals surface area contributed by atoms with Crippen molar-refractivity contribution in [2.24, 2.45) is 0 Å². The Balaban J connectivity index is 1.83. The molecule has 0 amide bonds. The number of hydrogen-bond donors (Lipinski definition) is 2. The van der Waals surface area contributed by atoms with E-state index >= 15 is 0 Å². The zero-order valence-electron chi connectivity index (χ0n) is 13.1. The molecule has 0 aliphatic rings. The summed E-state index contributed by atoms with van der Waals surface area (Å²) in [5, 5.41) is 12.9. The predicted molar refractivity (Wildman–Crippen MR) is 88.6 cm³/mol. The second kappa shape index (κ2) is 7.28. The first-order valence-corrected chi connectivity index (χ1v) is 7.65. The Kier molecular flexibility index (Phi) is 5.40. The third kappa shape index (κ3) is 4.91. The van der Waals surface area contributed by atoms with E-state index in [0.717, 1.165) is 12.8 Å². The Bertz CT molecular complexity index is 562. The molecule has 2 rings (SSSR count). The predicted octanol–water partition coefficient (Wildman–Crippen LogP) is 4.37. The van der Waals surface area contributed by atoms with E-state index in [1.807, 2.05) is 12.1 Å². The normalized spacial score (nSPS) is 13.9. The molecule has 2 atom stereocenters. The maximum Gasteiger partial charge on any atom is 0.115 e. The Morgan fingerprint density at radius 2 is 1.76 bits per heavy atom. The van der Waals surface area contributed by atoms with Crippen LogP contribution in [0.4, 0.5) is 0 Å². The first kappa shape index (κ1) is 15.6. The minimum atomic E-state index is 0.331. The molecule has 0 aliphatic carbocycles. The number of nitrogens with one attached hydrogen (secondary N) is 1. The number of aryl methyl sites for hydroxylation is 2. The van der Waals surface area contributed by atoms with Gasteiger partial charge in [-0.15, -0.1) is 0 Å². The number of hydrogen-bond acceptors (Lipinski definition) is 2. The molecular formula is C19H25NO. The highest BCUT2D eigenvalue weighted by atomic mass is 16.3. The van der Waals surface area contributed by atoms with Crippen molar-refractivity contribution in [3.8, 4) is 5.75 Å². The van der Waals surface area contributed by atoms with Crippen LogP contribution in [0.25, 0.3) is 0 Å². The molecule has 0 fully saturated rings. The van der Waals surface area contributed by atoms with Gasteiger partial charge in [-0.05, 0) is 56.9 Å². The van der Waals surface area contributed by atoms with Crippen LogP contribution in [0, 0.1) is 6.92 Å². The second-order valence-corrected chi connectivity index (χ2v) is 5.91. The fraction of sp³-hybridized carbons (Fsp3) is 0.368. The van der Waals surface area contributed by atoms with E-state index in [1.54, 1.807) is 12.1 Å². The Morgan fingerprint density at radius 3 is 2.43 bits per heavy atom. The van der Waals surface area contributed by atoms with Gasteiger partial charge in [0.05, 0.1) is 0 Å². The smallest absolute Gasteiger partial charge is 0.115 e. The van der Waals surface area contributed by atoms with Crippen molar-refractivity contribution in [2.75, 3.05) is 0 Å². The Hall–Kier alpha value is -1.80. The van der Waals surface area contributed by atoms with Gasteiger partial charge in [0.15, 0.2) is 0 Å². The molecule has 0 heterocycles. The topological polar surface area (TPSA) is 32.3 Å². The molecule has 0 aromatic heterocycles. The van der Waals surface area contributed by atoms with Crippen molar-refractivity contribution >= 4 is 0 Å². The molecule has 0 aliphatic heterocycles. The van der Waals surface area contributed by atoms with Crippen LogP contribution < -0.4 is 5.32 Å². The fourth-order valence-corrected chi connectivity index (χ4v) is 2.59. The van der Waals surface area contributed by atoms with E-state index in [9.17, 15) is 5.11 Å². The second-order valence-electron chi connectivity index (χ2n) is 5.91. The Morgan fingerprint density at radius 1 is 1.05 bits per heavy atom. The molecular weight excluding hydrogens is 258 g/mol. The van der Waals surface area contributed by atoms with Crippen LogP contribution >= 0.6 is 0 Å². The highest BCUT2D eigenvalue weighted by molar-refractivity contribution is 5.26. The first-order valence-electron chi connectivity index (χ1n) is 7.65. The van der Waals surface area contributed by atoms with Crippen LogP contribution in [-0.4, -0.2) is 11.1 Å².